The van der Waals surface area contributed by atoms with Gasteiger partial charge in [-0.1, -0.05) is 31.2 Å². The molecule has 0 bridgehead atoms. The summed E-state index contributed by atoms with van der Waals surface area (Å²) >= 11 is 0. The topological polar surface area (TPSA) is 69.7 Å². The Bertz CT molecular complexity index is 1050. The molecule has 174 valence electrons. The number of nitrogens with zero attached hydrogens (tertiary/aromatic N) is 2. The molecule has 3 rings (SSSR count). The van der Waals surface area contributed by atoms with E-state index in [-0.39, 0.29) is 25.0 Å². The Labute approximate surface area is 188 Å². The van der Waals surface area contributed by atoms with Crippen molar-refractivity contribution in [3.05, 3.63) is 65.2 Å². The summed E-state index contributed by atoms with van der Waals surface area (Å²) in [6.45, 7) is 6.68. The number of sulfonamides is 1. The monoisotopic (exact) mass is 465 g/mol. The fourth-order valence-corrected chi connectivity index (χ4v) is 5.25. The fourth-order valence-electron chi connectivity index (χ4n) is 3.78. The van der Waals surface area contributed by atoms with E-state index < -0.39 is 32.6 Å². The van der Waals surface area contributed by atoms with Gasteiger partial charge in [0.1, 0.15) is 16.5 Å². The zero-order valence-corrected chi connectivity index (χ0v) is 19.3. The lowest BCUT2D eigenvalue weighted by atomic mass is 10.0. The zero-order chi connectivity index (χ0) is 23.5. The van der Waals surface area contributed by atoms with Crippen molar-refractivity contribution in [1.29, 1.82) is 0 Å². The number of amides is 1. The predicted molar refractivity (Wildman–Crippen MR) is 119 cm³/mol. The number of benzene rings is 2. The van der Waals surface area contributed by atoms with Crippen LogP contribution in [0, 0.1) is 11.6 Å². The van der Waals surface area contributed by atoms with E-state index in [0.29, 0.717) is 19.2 Å². The van der Waals surface area contributed by atoms with Crippen LogP contribution in [0.5, 0.6) is 0 Å². The van der Waals surface area contributed by atoms with Crippen LogP contribution >= 0.6 is 0 Å². The Morgan fingerprint density at radius 1 is 1.03 bits per heavy atom. The third kappa shape index (κ3) is 5.33. The molecular weight excluding hydrogens is 436 g/mol. The van der Waals surface area contributed by atoms with Gasteiger partial charge in [0.05, 0.1) is 12.1 Å². The maximum absolute atomic E-state index is 14.0. The molecule has 2 atom stereocenters. The van der Waals surface area contributed by atoms with Crippen LogP contribution in [0.15, 0.2) is 47.4 Å². The van der Waals surface area contributed by atoms with Crippen LogP contribution in [0.25, 0.3) is 0 Å². The molecule has 1 amide bonds. The molecule has 9 heteroatoms. The van der Waals surface area contributed by atoms with Crippen LogP contribution in [-0.4, -0.2) is 55.8 Å². The third-order valence-corrected chi connectivity index (χ3v) is 7.89. The molecule has 2 aromatic carbocycles. The molecular formula is C23H29F2N3O3S. The van der Waals surface area contributed by atoms with Gasteiger partial charge < -0.3 is 5.32 Å². The number of hydrogen-bond acceptors (Lipinski definition) is 4. The highest BCUT2D eigenvalue weighted by atomic mass is 32.2. The summed E-state index contributed by atoms with van der Waals surface area (Å²) in [5, 5.41) is 3.01. The Hall–Kier alpha value is -2.36. The second-order valence-electron chi connectivity index (χ2n) is 8.02. The van der Waals surface area contributed by atoms with E-state index in [1.165, 1.54) is 9.87 Å². The summed E-state index contributed by atoms with van der Waals surface area (Å²) in [7, 11) is -4.08. The van der Waals surface area contributed by atoms with E-state index in [4.69, 9.17) is 0 Å². The molecule has 1 saturated heterocycles. The second-order valence-corrected chi connectivity index (χ2v) is 9.92. The molecule has 2 unspecified atom stereocenters. The van der Waals surface area contributed by atoms with Gasteiger partial charge >= 0.3 is 0 Å². The predicted octanol–water partition coefficient (Wildman–Crippen LogP) is 3.10. The Morgan fingerprint density at radius 3 is 2.22 bits per heavy atom. The van der Waals surface area contributed by atoms with Gasteiger partial charge in [-0.25, -0.2) is 17.2 Å². The summed E-state index contributed by atoms with van der Waals surface area (Å²) in [6, 6.07) is 9.94. The molecule has 1 heterocycles. The van der Waals surface area contributed by atoms with E-state index in [0.717, 1.165) is 24.1 Å². The van der Waals surface area contributed by atoms with Crippen LogP contribution in [0.2, 0.25) is 0 Å². The Kier molecular flexibility index (Phi) is 7.63. The van der Waals surface area contributed by atoms with E-state index in [2.05, 4.69) is 12.2 Å². The average Bonchev–Trinajstić information content (AvgIpc) is 2.78. The van der Waals surface area contributed by atoms with E-state index in [9.17, 15) is 22.0 Å². The van der Waals surface area contributed by atoms with E-state index in [1.807, 2.05) is 36.1 Å². The third-order valence-electron chi connectivity index (χ3n) is 5.96. The minimum atomic E-state index is -4.08. The van der Waals surface area contributed by atoms with Crippen molar-refractivity contribution in [3.63, 3.8) is 0 Å². The minimum Gasteiger partial charge on any atom is -0.348 e. The van der Waals surface area contributed by atoms with E-state index >= 15 is 0 Å². The second kappa shape index (κ2) is 10.1. The number of rotatable bonds is 7. The highest BCUT2D eigenvalue weighted by molar-refractivity contribution is 7.89. The van der Waals surface area contributed by atoms with Gasteiger partial charge in [0.2, 0.25) is 15.9 Å². The van der Waals surface area contributed by atoms with Crippen molar-refractivity contribution in [2.24, 2.45) is 0 Å². The number of carbonyl (C=O) groups excluding carboxylic acids is 1. The fraction of sp³-hybridized carbons (Fsp3) is 0.435. The maximum atomic E-state index is 14.0. The molecule has 0 aromatic heterocycles. The summed E-state index contributed by atoms with van der Waals surface area (Å²) in [6.07, 6.45) is 0.952. The van der Waals surface area contributed by atoms with Gasteiger partial charge in [-0.15, -0.1) is 0 Å². The van der Waals surface area contributed by atoms with E-state index in [1.54, 1.807) is 6.92 Å². The largest absolute Gasteiger partial charge is 0.348 e. The van der Waals surface area contributed by atoms with Crippen molar-refractivity contribution >= 4 is 15.9 Å². The Balaban J connectivity index is 1.58. The molecule has 0 aliphatic carbocycles. The molecule has 6 nitrogen and oxygen atoms in total. The molecule has 1 N–H and O–H groups in total. The first-order valence-electron chi connectivity index (χ1n) is 10.7. The van der Waals surface area contributed by atoms with Crippen molar-refractivity contribution < 1.29 is 22.0 Å². The smallest absolute Gasteiger partial charge is 0.246 e. The zero-order valence-electron chi connectivity index (χ0n) is 18.5. The molecule has 0 saturated carbocycles. The first-order chi connectivity index (χ1) is 15.1. The van der Waals surface area contributed by atoms with Crippen molar-refractivity contribution in [1.82, 2.24) is 14.5 Å². The molecule has 1 aliphatic rings. The van der Waals surface area contributed by atoms with Crippen LogP contribution in [0.1, 0.15) is 37.9 Å². The summed E-state index contributed by atoms with van der Waals surface area (Å²) < 4.78 is 53.8. The highest BCUT2D eigenvalue weighted by Crippen LogP contribution is 2.22. The molecule has 32 heavy (non-hydrogen) atoms. The van der Waals surface area contributed by atoms with Gasteiger partial charge in [0, 0.05) is 32.2 Å². The van der Waals surface area contributed by atoms with Crippen LogP contribution in [-0.2, 0) is 21.2 Å². The molecule has 0 radical (unpaired) electrons. The molecule has 2 aromatic rings. The number of aryl methyl sites for hydroxylation is 1. The van der Waals surface area contributed by atoms with Crippen molar-refractivity contribution in [3.8, 4) is 0 Å². The number of halogens is 2. The van der Waals surface area contributed by atoms with Crippen molar-refractivity contribution in [2.45, 2.75) is 44.2 Å². The van der Waals surface area contributed by atoms with Gasteiger partial charge in [-0.05, 0) is 43.5 Å². The minimum absolute atomic E-state index is 0.116. The lowest BCUT2D eigenvalue weighted by Crippen LogP contribution is -2.55. The van der Waals surface area contributed by atoms with Gasteiger partial charge in [0.15, 0.2) is 0 Å². The quantitative estimate of drug-likeness (QED) is 0.682. The van der Waals surface area contributed by atoms with Gasteiger partial charge in [-0.3, -0.25) is 9.69 Å². The summed E-state index contributed by atoms with van der Waals surface area (Å²) in [5.74, 6) is -2.08. The van der Waals surface area contributed by atoms with Crippen molar-refractivity contribution in [2.75, 3.05) is 26.2 Å². The Morgan fingerprint density at radius 2 is 1.66 bits per heavy atom. The van der Waals surface area contributed by atoms with Crippen LogP contribution < -0.4 is 5.32 Å². The summed E-state index contributed by atoms with van der Waals surface area (Å²) in [5.41, 5.74) is 2.24. The SMILES string of the molecule is CCc1ccc(C(C)NC(=O)C(C)N2CCN(S(=O)(=O)c3ccc(F)cc3F)CC2)cc1. The molecule has 0 spiro atoms. The van der Waals surface area contributed by atoms with Crippen LogP contribution in [0.4, 0.5) is 8.78 Å². The number of hydrogen-bond donors (Lipinski definition) is 1. The average molecular weight is 466 g/mol. The first kappa shape index (κ1) is 24.3. The van der Waals surface area contributed by atoms with Crippen LogP contribution in [0.3, 0.4) is 0 Å². The molecule has 1 fully saturated rings. The van der Waals surface area contributed by atoms with Gasteiger partial charge in [0.25, 0.3) is 0 Å². The lowest BCUT2D eigenvalue weighted by Gasteiger charge is -2.37. The first-order valence-corrected chi connectivity index (χ1v) is 12.2. The number of carbonyl (C=O) groups is 1. The summed E-state index contributed by atoms with van der Waals surface area (Å²) in [4.78, 5) is 14.1. The normalized spacial score (nSPS) is 17.7. The molecule has 1 aliphatic heterocycles. The maximum Gasteiger partial charge on any atom is 0.246 e. The lowest BCUT2D eigenvalue weighted by molar-refractivity contribution is -0.127. The standard InChI is InChI=1S/C23H29F2N3O3S/c1-4-18-5-7-19(8-6-18)16(2)26-23(29)17(3)27-11-13-28(14-12-27)32(30,31)22-10-9-20(24)15-21(22)25/h5-10,15-17H,4,11-14H2,1-3H3,(H,26,29). The number of piperazine rings is 1. The van der Waals surface area contributed by atoms with Gasteiger partial charge in [-0.2, -0.15) is 4.31 Å². The number of nitrogens with one attached hydrogen (secondary N) is 1. The highest BCUT2D eigenvalue weighted by Gasteiger charge is 2.33.